The van der Waals surface area contributed by atoms with Gasteiger partial charge in [0, 0.05) is 41.5 Å². The van der Waals surface area contributed by atoms with E-state index in [-0.39, 0.29) is 18.3 Å². The number of piperidine rings is 2. The van der Waals surface area contributed by atoms with Crippen molar-refractivity contribution >= 4 is 11.8 Å². The van der Waals surface area contributed by atoms with Gasteiger partial charge in [0.15, 0.2) is 11.6 Å². The third kappa shape index (κ3) is 6.46. The SMILES string of the molecule is Cc1nc(C2CCN(CC#N)CC2)ccc1COc1c(-c2cccc(N3CCC(C(=O)O)CC3)n2)ccc(F)c1F. The summed E-state index contributed by atoms with van der Waals surface area (Å²) in [4.78, 5) is 24.9. The Balaban J connectivity index is 1.31. The Morgan fingerprint density at radius 3 is 2.49 bits per heavy atom. The second-order valence-corrected chi connectivity index (χ2v) is 10.7. The largest absolute Gasteiger partial charge is 0.485 e. The van der Waals surface area contributed by atoms with Crippen LogP contribution in [0.4, 0.5) is 14.6 Å². The second kappa shape index (κ2) is 12.6. The van der Waals surface area contributed by atoms with Crippen molar-refractivity contribution in [3.8, 4) is 23.1 Å². The summed E-state index contributed by atoms with van der Waals surface area (Å²) in [5, 5.41) is 18.2. The maximum absolute atomic E-state index is 15.1. The van der Waals surface area contributed by atoms with Gasteiger partial charge in [-0.25, -0.2) is 9.37 Å². The zero-order chi connectivity index (χ0) is 28.9. The highest BCUT2D eigenvalue weighted by atomic mass is 19.2. The van der Waals surface area contributed by atoms with Gasteiger partial charge in [-0.3, -0.25) is 14.7 Å². The first kappa shape index (κ1) is 28.4. The third-order valence-corrected chi connectivity index (χ3v) is 8.12. The van der Waals surface area contributed by atoms with Crippen molar-refractivity contribution in [2.24, 2.45) is 5.92 Å². The van der Waals surface area contributed by atoms with Gasteiger partial charge in [0.2, 0.25) is 5.82 Å². The lowest BCUT2D eigenvalue weighted by Gasteiger charge is -2.31. The lowest BCUT2D eigenvalue weighted by Crippen LogP contribution is -2.36. The zero-order valence-corrected chi connectivity index (χ0v) is 23.0. The lowest BCUT2D eigenvalue weighted by molar-refractivity contribution is -0.142. The molecule has 2 saturated heterocycles. The highest BCUT2D eigenvalue weighted by Gasteiger charge is 2.26. The van der Waals surface area contributed by atoms with Gasteiger partial charge < -0.3 is 14.7 Å². The number of rotatable bonds is 8. The highest BCUT2D eigenvalue weighted by Crippen LogP contribution is 2.35. The molecule has 0 amide bonds. The van der Waals surface area contributed by atoms with E-state index in [1.54, 1.807) is 12.1 Å². The quantitative estimate of drug-likeness (QED) is 0.369. The minimum Gasteiger partial charge on any atom is -0.485 e. The first-order valence-electron chi connectivity index (χ1n) is 14.0. The molecule has 3 aromatic rings. The number of carbonyl (C=O) groups is 1. The van der Waals surface area contributed by atoms with Crippen LogP contribution in [0.1, 0.15) is 48.6 Å². The van der Waals surface area contributed by atoms with Crippen molar-refractivity contribution in [3.05, 3.63) is 71.1 Å². The van der Waals surface area contributed by atoms with E-state index in [2.05, 4.69) is 11.0 Å². The van der Waals surface area contributed by atoms with E-state index in [1.807, 2.05) is 30.0 Å². The van der Waals surface area contributed by atoms with Crippen LogP contribution in [0.2, 0.25) is 0 Å². The van der Waals surface area contributed by atoms with Crippen LogP contribution in [0.25, 0.3) is 11.3 Å². The Labute approximate surface area is 238 Å². The Morgan fingerprint density at radius 2 is 1.80 bits per heavy atom. The summed E-state index contributed by atoms with van der Waals surface area (Å²) in [6, 6.07) is 14.0. The molecule has 0 bridgehead atoms. The molecule has 2 aliphatic heterocycles. The van der Waals surface area contributed by atoms with Crippen molar-refractivity contribution in [1.82, 2.24) is 14.9 Å². The number of likely N-dealkylation sites (tertiary alicyclic amines) is 1. The number of nitriles is 1. The molecule has 2 aliphatic rings. The van der Waals surface area contributed by atoms with Gasteiger partial charge in [-0.1, -0.05) is 12.1 Å². The number of aromatic nitrogens is 2. The van der Waals surface area contributed by atoms with Crippen LogP contribution < -0.4 is 9.64 Å². The van der Waals surface area contributed by atoms with Crippen molar-refractivity contribution in [3.63, 3.8) is 0 Å². The van der Waals surface area contributed by atoms with Crippen LogP contribution in [-0.2, 0) is 11.4 Å². The molecule has 5 rings (SSSR count). The minimum absolute atomic E-state index is 0.00942. The van der Waals surface area contributed by atoms with Gasteiger partial charge in [0.25, 0.3) is 0 Å². The number of anilines is 1. The molecular formula is C31H33F2N5O3. The Morgan fingerprint density at radius 1 is 1.05 bits per heavy atom. The van der Waals surface area contributed by atoms with Crippen molar-refractivity contribution < 1.29 is 23.4 Å². The van der Waals surface area contributed by atoms with Gasteiger partial charge in [0.05, 0.1) is 24.2 Å². The molecule has 4 heterocycles. The van der Waals surface area contributed by atoms with Crippen molar-refractivity contribution in [1.29, 1.82) is 5.26 Å². The molecule has 1 N–H and O–H groups in total. The average molecular weight is 562 g/mol. The molecule has 0 radical (unpaired) electrons. The van der Waals surface area contributed by atoms with Gasteiger partial charge >= 0.3 is 5.97 Å². The van der Waals surface area contributed by atoms with Crippen LogP contribution in [0.5, 0.6) is 5.75 Å². The summed E-state index contributed by atoms with van der Waals surface area (Å²) < 4.78 is 35.3. The van der Waals surface area contributed by atoms with E-state index in [9.17, 15) is 14.3 Å². The van der Waals surface area contributed by atoms with Crippen LogP contribution >= 0.6 is 0 Å². The maximum atomic E-state index is 15.1. The van der Waals surface area contributed by atoms with Crippen LogP contribution in [0.3, 0.4) is 0 Å². The number of nitrogens with zero attached hydrogens (tertiary/aromatic N) is 5. The fourth-order valence-electron chi connectivity index (χ4n) is 5.61. The minimum atomic E-state index is -1.08. The predicted molar refractivity (Wildman–Crippen MR) is 149 cm³/mol. The number of halogens is 2. The number of ether oxygens (including phenoxy) is 1. The third-order valence-electron chi connectivity index (χ3n) is 8.12. The number of hydrogen-bond donors (Lipinski definition) is 1. The second-order valence-electron chi connectivity index (χ2n) is 10.7. The molecule has 41 heavy (non-hydrogen) atoms. The summed E-state index contributed by atoms with van der Waals surface area (Å²) in [5.41, 5.74) is 3.30. The molecule has 0 atom stereocenters. The van der Waals surface area contributed by atoms with E-state index >= 15 is 4.39 Å². The molecular weight excluding hydrogens is 528 g/mol. The molecule has 214 valence electrons. The Bertz CT molecular complexity index is 1440. The average Bonchev–Trinajstić information content (AvgIpc) is 2.99. The van der Waals surface area contributed by atoms with E-state index in [0.29, 0.717) is 55.5 Å². The molecule has 1 aromatic carbocycles. The number of pyridine rings is 2. The summed E-state index contributed by atoms with van der Waals surface area (Å²) in [5.74, 6) is -2.49. The van der Waals surface area contributed by atoms with Crippen LogP contribution in [0.15, 0.2) is 42.5 Å². The molecule has 0 spiro atoms. The fourth-order valence-corrected chi connectivity index (χ4v) is 5.61. The summed E-state index contributed by atoms with van der Waals surface area (Å²) in [6.07, 6.45) is 2.91. The summed E-state index contributed by atoms with van der Waals surface area (Å²) in [7, 11) is 0. The number of aliphatic carboxylic acids is 1. The van der Waals surface area contributed by atoms with Gasteiger partial charge in [-0.05, 0) is 76.0 Å². The van der Waals surface area contributed by atoms with Crippen molar-refractivity contribution in [2.75, 3.05) is 37.6 Å². The molecule has 0 aliphatic carbocycles. The number of aryl methyl sites for hydroxylation is 1. The highest BCUT2D eigenvalue weighted by molar-refractivity contribution is 5.71. The number of hydrogen-bond acceptors (Lipinski definition) is 7. The molecule has 2 aromatic heterocycles. The fraction of sp³-hybridized carbons (Fsp3) is 0.419. The van der Waals surface area contributed by atoms with E-state index < -0.39 is 17.6 Å². The molecule has 2 fully saturated rings. The molecule has 10 heteroatoms. The smallest absolute Gasteiger partial charge is 0.306 e. The summed E-state index contributed by atoms with van der Waals surface area (Å²) >= 11 is 0. The molecule has 0 unspecified atom stereocenters. The summed E-state index contributed by atoms with van der Waals surface area (Å²) in [6.45, 7) is 5.16. The van der Waals surface area contributed by atoms with E-state index in [1.165, 1.54) is 6.07 Å². The topological polar surface area (TPSA) is 103 Å². The van der Waals surface area contributed by atoms with E-state index in [0.717, 1.165) is 48.9 Å². The zero-order valence-electron chi connectivity index (χ0n) is 23.0. The predicted octanol–water partition coefficient (Wildman–Crippen LogP) is 5.31. The van der Waals surface area contributed by atoms with Crippen molar-refractivity contribution in [2.45, 2.75) is 45.1 Å². The van der Waals surface area contributed by atoms with Crippen LogP contribution in [0, 0.1) is 35.8 Å². The number of carboxylic acids is 1. The van der Waals surface area contributed by atoms with Gasteiger partial charge in [-0.15, -0.1) is 0 Å². The Kier molecular flexibility index (Phi) is 8.74. The molecule has 8 nitrogen and oxygen atoms in total. The number of carboxylic acid groups (broad SMARTS) is 1. The first-order chi connectivity index (χ1) is 19.8. The maximum Gasteiger partial charge on any atom is 0.306 e. The van der Waals surface area contributed by atoms with Crippen LogP contribution in [-0.4, -0.2) is 58.7 Å². The number of benzene rings is 1. The van der Waals surface area contributed by atoms with Gasteiger partial charge in [0.1, 0.15) is 12.4 Å². The Hall–Kier alpha value is -4.10. The van der Waals surface area contributed by atoms with E-state index in [4.69, 9.17) is 20.0 Å². The molecule has 0 saturated carbocycles. The first-order valence-corrected chi connectivity index (χ1v) is 14.0. The van der Waals surface area contributed by atoms with Gasteiger partial charge in [-0.2, -0.15) is 9.65 Å². The normalized spacial score (nSPS) is 16.9. The standard InChI is InChI=1S/C31H33F2N5O3/c1-20-23(5-8-26(35-20)21-9-14-37(15-10-21)18-13-34)19-41-30-24(6-7-25(32)29(30)33)27-3-2-4-28(36-27)38-16-11-22(12-17-38)31(39)40/h2-8,21-22H,9-12,14-19H2,1H3,(H,39,40). The lowest BCUT2D eigenvalue weighted by atomic mass is 9.92. The monoisotopic (exact) mass is 561 g/mol.